The molecule has 0 saturated heterocycles. The molecule has 0 aromatic heterocycles. The Morgan fingerprint density at radius 1 is 1.00 bits per heavy atom. The Labute approximate surface area is 241 Å². The summed E-state index contributed by atoms with van der Waals surface area (Å²) < 4.78 is 40.4. The molecule has 0 saturated carbocycles. The number of rotatable bonds is 10. The van der Waals surface area contributed by atoms with Crippen molar-refractivity contribution in [3.63, 3.8) is 0 Å². The quantitative estimate of drug-likeness (QED) is 0.357. The Hall–Kier alpha value is -3.43. The van der Waals surface area contributed by atoms with Gasteiger partial charge in [-0.15, -0.1) is 0 Å². The fraction of sp³-hybridized carbons (Fsp3) is 0.333. The highest BCUT2D eigenvalue weighted by molar-refractivity contribution is 7.92. The first kappa shape index (κ1) is 31.1. The third-order valence-corrected chi connectivity index (χ3v) is 7.67. The van der Waals surface area contributed by atoms with E-state index in [1.54, 1.807) is 0 Å². The van der Waals surface area contributed by atoms with Gasteiger partial charge in [0, 0.05) is 18.5 Å². The van der Waals surface area contributed by atoms with E-state index in [9.17, 15) is 22.4 Å². The lowest BCUT2D eigenvalue weighted by atomic mass is 10.00. The highest BCUT2D eigenvalue weighted by Gasteiger charge is 2.34. The van der Waals surface area contributed by atoms with E-state index in [1.165, 1.54) is 11.0 Å². The van der Waals surface area contributed by atoms with E-state index in [0.29, 0.717) is 0 Å². The van der Waals surface area contributed by atoms with Crippen LogP contribution in [0.25, 0.3) is 0 Å². The van der Waals surface area contributed by atoms with E-state index < -0.39 is 39.9 Å². The SMILES string of the molecule is Cc1ccccc1CN(C(=O)CN(c1ccc(F)c(Cl)c1)S(C)(=O)=O)[C@@H](Cc1ccccc1)C(=O)NC(C)(C)C. The lowest BCUT2D eigenvalue weighted by molar-refractivity contribution is -0.140. The Morgan fingerprint density at radius 2 is 1.62 bits per heavy atom. The first-order valence-electron chi connectivity index (χ1n) is 12.8. The number of benzene rings is 3. The van der Waals surface area contributed by atoms with E-state index in [1.807, 2.05) is 82.3 Å². The maximum Gasteiger partial charge on any atom is 0.244 e. The number of carbonyl (C=O) groups excluding carboxylic acids is 2. The summed E-state index contributed by atoms with van der Waals surface area (Å²) >= 11 is 5.93. The number of nitrogens with zero attached hydrogens (tertiary/aromatic N) is 2. The number of halogens is 2. The summed E-state index contributed by atoms with van der Waals surface area (Å²) in [6.07, 6.45) is 1.17. The molecule has 10 heteroatoms. The van der Waals surface area contributed by atoms with Gasteiger partial charge in [-0.05, 0) is 62.6 Å². The molecule has 7 nitrogen and oxygen atoms in total. The minimum atomic E-state index is -3.99. The summed E-state index contributed by atoms with van der Waals surface area (Å²) in [5.74, 6) is -1.68. The normalized spacial score (nSPS) is 12.5. The number of hydrogen-bond donors (Lipinski definition) is 1. The van der Waals surface area contributed by atoms with Crippen LogP contribution in [0.5, 0.6) is 0 Å². The minimum Gasteiger partial charge on any atom is -0.350 e. The number of carbonyl (C=O) groups is 2. The largest absolute Gasteiger partial charge is 0.350 e. The molecule has 0 aliphatic rings. The smallest absolute Gasteiger partial charge is 0.244 e. The van der Waals surface area contributed by atoms with Gasteiger partial charge in [0.1, 0.15) is 18.4 Å². The van der Waals surface area contributed by atoms with Crippen LogP contribution in [0.4, 0.5) is 10.1 Å². The van der Waals surface area contributed by atoms with Crippen molar-refractivity contribution in [3.8, 4) is 0 Å². The van der Waals surface area contributed by atoms with Crippen LogP contribution in [-0.2, 0) is 32.6 Å². The Kier molecular flexibility index (Phi) is 9.97. The first-order chi connectivity index (χ1) is 18.7. The second-order valence-corrected chi connectivity index (χ2v) is 13.1. The van der Waals surface area contributed by atoms with Gasteiger partial charge >= 0.3 is 0 Å². The number of amides is 2. The maximum atomic E-state index is 14.1. The number of sulfonamides is 1. The number of hydrogen-bond acceptors (Lipinski definition) is 4. The fourth-order valence-electron chi connectivity index (χ4n) is 4.23. The van der Waals surface area contributed by atoms with Crippen LogP contribution in [0.3, 0.4) is 0 Å². The van der Waals surface area contributed by atoms with Crippen molar-refractivity contribution >= 4 is 39.1 Å². The molecule has 1 atom stereocenters. The van der Waals surface area contributed by atoms with Crippen molar-refractivity contribution in [3.05, 3.63) is 100 Å². The van der Waals surface area contributed by atoms with E-state index in [2.05, 4.69) is 5.32 Å². The molecule has 0 bridgehead atoms. The van der Waals surface area contributed by atoms with E-state index >= 15 is 0 Å². The summed E-state index contributed by atoms with van der Waals surface area (Å²) in [5.41, 5.74) is 2.03. The van der Waals surface area contributed by atoms with E-state index in [4.69, 9.17) is 11.6 Å². The molecule has 3 rings (SSSR count). The number of nitrogens with one attached hydrogen (secondary N) is 1. The Morgan fingerprint density at radius 3 is 2.20 bits per heavy atom. The molecule has 214 valence electrons. The summed E-state index contributed by atoms with van der Waals surface area (Å²) in [6.45, 7) is 6.91. The van der Waals surface area contributed by atoms with Crippen molar-refractivity contribution in [2.45, 2.75) is 52.2 Å². The van der Waals surface area contributed by atoms with Crippen molar-refractivity contribution in [1.29, 1.82) is 0 Å². The maximum absolute atomic E-state index is 14.1. The topological polar surface area (TPSA) is 86.8 Å². The van der Waals surface area contributed by atoms with Gasteiger partial charge in [-0.1, -0.05) is 66.2 Å². The van der Waals surface area contributed by atoms with Gasteiger partial charge < -0.3 is 10.2 Å². The van der Waals surface area contributed by atoms with Gasteiger partial charge in [-0.2, -0.15) is 0 Å². The van der Waals surface area contributed by atoms with Crippen molar-refractivity contribution in [2.75, 3.05) is 17.1 Å². The minimum absolute atomic E-state index is 0.0387. The summed E-state index contributed by atoms with van der Waals surface area (Å²) in [7, 11) is -3.99. The molecule has 1 N–H and O–H groups in total. The predicted octanol–water partition coefficient (Wildman–Crippen LogP) is 5.11. The van der Waals surface area contributed by atoms with Gasteiger partial charge in [0.25, 0.3) is 0 Å². The monoisotopic (exact) mass is 587 g/mol. The summed E-state index contributed by atoms with van der Waals surface area (Å²) in [5, 5.41) is 2.70. The molecular weight excluding hydrogens is 553 g/mol. The van der Waals surface area contributed by atoms with Crippen LogP contribution in [0, 0.1) is 12.7 Å². The van der Waals surface area contributed by atoms with Gasteiger partial charge in [-0.3, -0.25) is 13.9 Å². The summed E-state index contributed by atoms with van der Waals surface area (Å²) in [6, 6.07) is 19.3. The van der Waals surface area contributed by atoms with Gasteiger partial charge in [0.15, 0.2) is 0 Å². The summed E-state index contributed by atoms with van der Waals surface area (Å²) in [4.78, 5) is 29.2. The van der Waals surface area contributed by atoms with Crippen molar-refractivity contribution in [1.82, 2.24) is 10.2 Å². The lowest BCUT2D eigenvalue weighted by Gasteiger charge is -2.35. The van der Waals surface area contributed by atoms with Crippen LogP contribution < -0.4 is 9.62 Å². The Bertz CT molecular complexity index is 1460. The number of aryl methyl sites for hydroxylation is 1. The molecular formula is C30H35ClFN3O4S. The second kappa shape index (κ2) is 12.8. The third-order valence-electron chi connectivity index (χ3n) is 6.24. The Balaban J connectivity index is 2.10. The number of anilines is 1. The average Bonchev–Trinajstić information content (AvgIpc) is 2.86. The van der Waals surface area contributed by atoms with Crippen molar-refractivity contribution in [2.24, 2.45) is 0 Å². The third kappa shape index (κ3) is 8.53. The molecule has 0 radical (unpaired) electrons. The highest BCUT2D eigenvalue weighted by Crippen LogP contribution is 2.25. The molecule has 40 heavy (non-hydrogen) atoms. The average molecular weight is 588 g/mol. The molecule has 3 aromatic carbocycles. The zero-order valence-corrected chi connectivity index (χ0v) is 24.9. The van der Waals surface area contributed by atoms with Gasteiger partial charge in [-0.25, -0.2) is 12.8 Å². The molecule has 0 fully saturated rings. The molecule has 3 aromatic rings. The first-order valence-corrected chi connectivity index (χ1v) is 15.0. The molecule has 0 aliphatic carbocycles. The van der Waals surface area contributed by atoms with Crippen LogP contribution in [0.1, 0.15) is 37.5 Å². The van der Waals surface area contributed by atoms with Gasteiger partial charge in [0.2, 0.25) is 21.8 Å². The van der Waals surface area contributed by atoms with Crippen LogP contribution >= 0.6 is 11.6 Å². The van der Waals surface area contributed by atoms with Crippen LogP contribution in [0.2, 0.25) is 5.02 Å². The molecule has 0 aliphatic heterocycles. The molecule has 0 unspecified atom stereocenters. The van der Waals surface area contributed by atoms with E-state index in [0.717, 1.165) is 39.4 Å². The zero-order valence-electron chi connectivity index (χ0n) is 23.3. The van der Waals surface area contributed by atoms with E-state index in [-0.39, 0.29) is 29.6 Å². The zero-order chi connectivity index (χ0) is 29.7. The molecule has 2 amide bonds. The predicted molar refractivity (Wildman–Crippen MR) is 157 cm³/mol. The van der Waals surface area contributed by atoms with Crippen molar-refractivity contribution < 1.29 is 22.4 Å². The fourth-order valence-corrected chi connectivity index (χ4v) is 5.25. The molecule has 0 heterocycles. The van der Waals surface area contributed by atoms with Crippen LogP contribution in [-0.4, -0.2) is 49.5 Å². The highest BCUT2D eigenvalue weighted by atomic mass is 35.5. The van der Waals surface area contributed by atoms with Crippen LogP contribution in [0.15, 0.2) is 72.8 Å². The standard InChI is InChI=1S/C30H35ClFN3O4S/c1-21-11-9-10-14-23(21)19-34(27(29(37)33-30(2,3)4)17-22-12-7-6-8-13-22)28(36)20-35(40(5,38)39)24-15-16-26(32)25(31)18-24/h6-16,18,27H,17,19-20H2,1-5H3,(H,33,37)/t27-/m0/s1. The lowest BCUT2D eigenvalue weighted by Crippen LogP contribution is -2.56. The van der Waals surface area contributed by atoms with Gasteiger partial charge in [0.05, 0.1) is 17.0 Å². The second-order valence-electron chi connectivity index (χ2n) is 10.8. The molecule has 0 spiro atoms.